The molecule has 0 bridgehead atoms. The van der Waals surface area contributed by atoms with Gasteiger partial charge in [0.15, 0.2) is 17.5 Å². The van der Waals surface area contributed by atoms with Gasteiger partial charge in [0.05, 0.1) is 11.4 Å². The van der Waals surface area contributed by atoms with E-state index >= 15 is 0 Å². The van der Waals surface area contributed by atoms with Crippen molar-refractivity contribution in [2.75, 3.05) is 0 Å². The molecule has 49 heavy (non-hydrogen) atoms. The second-order valence-electron chi connectivity index (χ2n) is 11.3. The lowest BCUT2D eigenvalue weighted by molar-refractivity contribution is 1.07. The van der Waals surface area contributed by atoms with E-state index in [9.17, 15) is 0 Å². The molecule has 0 saturated heterocycles. The average molecular weight is 633 g/mol. The maximum atomic E-state index is 4.96. The summed E-state index contributed by atoms with van der Waals surface area (Å²) in [6.07, 6.45) is 9.28. The lowest BCUT2D eigenvalue weighted by Crippen LogP contribution is -2.00. The van der Waals surface area contributed by atoms with E-state index in [2.05, 4.69) is 65.2 Å². The van der Waals surface area contributed by atoms with Crippen LogP contribution in [-0.4, -0.2) is 31.6 Å². The van der Waals surface area contributed by atoms with Gasteiger partial charge in [0, 0.05) is 46.4 Å². The second kappa shape index (κ2) is 14.4. The van der Waals surface area contributed by atoms with Crippen LogP contribution < -0.4 is 0 Å². The number of aromatic nitrogens is 5. The minimum absolute atomic E-state index is 0.623. The van der Waals surface area contributed by atoms with Crippen LogP contribution in [0.2, 0.25) is 0 Å². The Hall–Kier alpha value is -6.66. The molecule has 7 rings (SSSR count). The largest absolute Gasteiger partial charge is 0.272 e. The van der Waals surface area contributed by atoms with Gasteiger partial charge in [0.25, 0.3) is 0 Å². The molecule has 0 saturated carbocycles. The van der Waals surface area contributed by atoms with Crippen LogP contribution in [0.4, 0.5) is 0 Å². The van der Waals surface area contributed by atoms with E-state index in [1.165, 1.54) is 0 Å². The summed E-state index contributed by atoms with van der Waals surface area (Å²) in [5.74, 6) is 1.90. The number of hydrogen-bond donors (Lipinski definition) is 0. The fourth-order valence-electron chi connectivity index (χ4n) is 5.61. The van der Waals surface area contributed by atoms with Gasteiger partial charge in [-0.2, -0.15) is 0 Å². The Morgan fingerprint density at radius 2 is 1.10 bits per heavy atom. The van der Waals surface area contributed by atoms with Gasteiger partial charge in [-0.25, -0.2) is 19.9 Å². The van der Waals surface area contributed by atoms with Crippen LogP contribution >= 0.6 is 0 Å². The lowest BCUT2D eigenvalue weighted by Gasteiger charge is -2.12. The van der Waals surface area contributed by atoms with Crippen molar-refractivity contribution in [2.45, 2.75) is 6.92 Å². The van der Waals surface area contributed by atoms with Gasteiger partial charge in [0.2, 0.25) is 0 Å². The molecule has 6 heteroatoms. The highest BCUT2D eigenvalue weighted by atomic mass is 15.0. The molecule has 0 spiro atoms. The molecule has 0 unspecified atom stereocenters. The quantitative estimate of drug-likeness (QED) is 0.117. The maximum Gasteiger partial charge on any atom is 0.164 e. The van der Waals surface area contributed by atoms with E-state index in [-0.39, 0.29) is 0 Å². The summed E-state index contributed by atoms with van der Waals surface area (Å²) in [4.78, 5) is 28.0. The molecule has 234 valence electrons. The predicted molar refractivity (Wildman–Crippen MR) is 200 cm³/mol. The van der Waals surface area contributed by atoms with Crippen LogP contribution in [0.1, 0.15) is 12.6 Å². The van der Waals surface area contributed by atoms with Crippen LogP contribution in [0, 0.1) is 0 Å². The SMILES string of the molecule is C=N/C=C(\C=C/C)c1cc(-c2ccc(-c3cccc(-c4nc(-c5ccccc5)nc(-c5ccccc5)n4)c3)cc2)cc(-c2cccnc2)n1. The normalized spacial score (nSPS) is 11.5. The average Bonchev–Trinajstić information content (AvgIpc) is 3.18. The standard InChI is InChI=1S/C43H32N6/c1-3-12-36(28-44-2)39-26-38(27-40(46-39)37-19-11-24-45-29-37)31-22-20-30(21-23-31)34-17-10-18-35(25-34)43-48-41(32-13-6-4-7-14-32)47-42(49-43)33-15-8-5-9-16-33/h3-29H,2H2,1H3/b12-3-,36-28+. The van der Waals surface area contributed by atoms with Crippen LogP contribution in [0.3, 0.4) is 0 Å². The van der Waals surface area contributed by atoms with Gasteiger partial charge in [-0.1, -0.05) is 115 Å². The molecule has 0 aliphatic carbocycles. The summed E-state index contributed by atoms with van der Waals surface area (Å²) in [7, 11) is 0. The summed E-state index contributed by atoms with van der Waals surface area (Å²) in [6, 6.07) is 45.1. The van der Waals surface area contributed by atoms with Crippen molar-refractivity contribution in [3.05, 3.63) is 170 Å². The van der Waals surface area contributed by atoms with Crippen LogP contribution in [0.25, 0.3) is 73.2 Å². The van der Waals surface area contributed by atoms with E-state index < -0.39 is 0 Å². The first-order chi connectivity index (χ1) is 24.2. The molecule has 0 amide bonds. The van der Waals surface area contributed by atoms with Gasteiger partial charge >= 0.3 is 0 Å². The van der Waals surface area contributed by atoms with Gasteiger partial charge < -0.3 is 0 Å². The summed E-state index contributed by atoms with van der Waals surface area (Å²) < 4.78 is 0. The number of pyridine rings is 2. The van der Waals surface area contributed by atoms with E-state index in [1.54, 1.807) is 12.4 Å². The number of nitrogens with zero attached hydrogens (tertiary/aromatic N) is 6. The molecular formula is C43H32N6. The number of benzene rings is 4. The van der Waals surface area contributed by atoms with E-state index in [0.29, 0.717) is 17.5 Å². The molecule has 4 aromatic carbocycles. The molecule has 7 aromatic rings. The molecule has 0 aliphatic rings. The maximum absolute atomic E-state index is 4.96. The van der Waals surface area contributed by atoms with Crippen LogP contribution in [0.5, 0.6) is 0 Å². The first-order valence-corrected chi connectivity index (χ1v) is 16.0. The summed E-state index contributed by atoms with van der Waals surface area (Å²) in [6.45, 7) is 5.63. The van der Waals surface area contributed by atoms with Crippen molar-refractivity contribution in [3.8, 4) is 67.7 Å². The monoisotopic (exact) mass is 632 g/mol. The minimum Gasteiger partial charge on any atom is -0.272 e. The molecule has 0 aliphatic heterocycles. The second-order valence-corrected chi connectivity index (χ2v) is 11.3. The van der Waals surface area contributed by atoms with Gasteiger partial charge in [0.1, 0.15) is 0 Å². The summed E-state index contributed by atoms with van der Waals surface area (Å²) in [5, 5.41) is 0. The van der Waals surface area contributed by atoms with E-state index in [1.807, 2.05) is 110 Å². The van der Waals surface area contributed by atoms with Gasteiger partial charge in [-0.15, -0.1) is 0 Å². The highest BCUT2D eigenvalue weighted by Gasteiger charge is 2.14. The van der Waals surface area contributed by atoms with E-state index in [4.69, 9.17) is 19.9 Å². The summed E-state index contributed by atoms with van der Waals surface area (Å²) >= 11 is 0. The fraction of sp³-hybridized carbons (Fsp3) is 0.0233. The third-order valence-electron chi connectivity index (χ3n) is 8.03. The van der Waals surface area contributed by atoms with Crippen molar-refractivity contribution < 1.29 is 0 Å². The van der Waals surface area contributed by atoms with Crippen molar-refractivity contribution >= 4 is 12.3 Å². The Bertz CT molecular complexity index is 2220. The minimum atomic E-state index is 0.623. The van der Waals surface area contributed by atoms with Crippen molar-refractivity contribution in [1.82, 2.24) is 24.9 Å². The highest BCUT2D eigenvalue weighted by molar-refractivity contribution is 5.81. The number of rotatable bonds is 9. The van der Waals surface area contributed by atoms with Crippen molar-refractivity contribution in [1.29, 1.82) is 0 Å². The third kappa shape index (κ3) is 7.04. The number of aliphatic imine (C=N–C) groups is 1. The predicted octanol–water partition coefficient (Wildman–Crippen LogP) is 10.3. The van der Waals surface area contributed by atoms with Crippen molar-refractivity contribution in [3.63, 3.8) is 0 Å². The third-order valence-corrected chi connectivity index (χ3v) is 8.03. The summed E-state index contributed by atoms with van der Waals surface area (Å²) in [5.41, 5.74) is 10.5. The van der Waals surface area contributed by atoms with Gasteiger partial charge in [-0.05, 0) is 66.2 Å². The number of hydrogen-bond acceptors (Lipinski definition) is 6. The Morgan fingerprint density at radius 1 is 0.531 bits per heavy atom. The Morgan fingerprint density at radius 3 is 1.69 bits per heavy atom. The number of allylic oxidation sites excluding steroid dienone is 3. The molecular weight excluding hydrogens is 601 g/mol. The van der Waals surface area contributed by atoms with Crippen LogP contribution in [-0.2, 0) is 0 Å². The lowest BCUT2D eigenvalue weighted by atomic mass is 9.97. The molecule has 0 N–H and O–H groups in total. The van der Waals surface area contributed by atoms with E-state index in [0.717, 1.165) is 61.5 Å². The van der Waals surface area contributed by atoms with Crippen LogP contribution in [0.15, 0.2) is 169 Å². The Labute approximate surface area is 286 Å². The molecule has 0 radical (unpaired) electrons. The molecule has 6 nitrogen and oxygen atoms in total. The Balaban J connectivity index is 1.26. The topological polar surface area (TPSA) is 76.8 Å². The van der Waals surface area contributed by atoms with Crippen molar-refractivity contribution in [2.24, 2.45) is 4.99 Å². The molecule has 3 heterocycles. The highest BCUT2D eigenvalue weighted by Crippen LogP contribution is 2.32. The Kier molecular flexibility index (Phi) is 9.10. The fourth-order valence-corrected chi connectivity index (χ4v) is 5.61. The smallest absolute Gasteiger partial charge is 0.164 e. The first kappa shape index (κ1) is 31.0. The molecule has 0 atom stereocenters. The zero-order chi connectivity index (χ0) is 33.4. The first-order valence-electron chi connectivity index (χ1n) is 16.0. The van der Waals surface area contributed by atoms with Gasteiger partial charge in [-0.3, -0.25) is 9.98 Å². The zero-order valence-corrected chi connectivity index (χ0v) is 27.0. The molecule has 0 fully saturated rings. The molecule has 3 aromatic heterocycles. The zero-order valence-electron chi connectivity index (χ0n) is 27.0.